The summed E-state index contributed by atoms with van der Waals surface area (Å²) in [5.74, 6) is -0.681. The molecule has 2 N–H and O–H groups in total. The summed E-state index contributed by atoms with van der Waals surface area (Å²) in [6.45, 7) is 5.47. The standard InChI is InChI=1S/C21H25N3O4S/c1-16-5-3-7-19(13-16)24-12-11-23(15-17(24)2)29(27,28)20-8-4-6-18(14-20)9-10-21(25)22-26/h3-10,13-14,17,26H,11-12,15H2,1-2H3,(H,22,25)/b10-9+. The molecule has 1 saturated heterocycles. The molecule has 8 heteroatoms. The second-order valence-corrected chi connectivity index (χ2v) is 9.06. The van der Waals surface area contributed by atoms with Crippen LogP contribution in [-0.4, -0.2) is 49.5 Å². The molecule has 7 nitrogen and oxygen atoms in total. The predicted molar refractivity (Wildman–Crippen MR) is 112 cm³/mol. The van der Waals surface area contributed by atoms with E-state index in [1.165, 1.54) is 27.5 Å². The molecule has 0 radical (unpaired) electrons. The number of anilines is 1. The molecule has 2 aromatic rings. The van der Waals surface area contributed by atoms with Gasteiger partial charge in [0.15, 0.2) is 0 Å². The van der Waals surface area contributed by atoms with Crippen molar-refractivity contribution in [2.75, 3.05) is 24.5 Å². The lowest BCUT2D eigenvalue weighted by atomic mass is 10.1. The molecule has 1 unspecified atom stereocenters. The summed E-state index contributed by atoms with van der Waals surface area (Å²) in [6, 6.07) is 14.7. The number of carbonyl (C=O) groups excluding carboxylic acids is 1. The zero-order valence-corrected chi connectivity index (χ0v) is 17.3. The van der Waals surface area contributed by atoms with Crippen LogP contribution < -0.4 is 10.4 Å². The van der Waals surface area contributed by atoms with Gasteiger partial charge in [0.1, 0.15) is 0 Å². The minimum absolute atomic E-state index is 0.0386. The average Bonchev–Trinajstić information content (AvgIpc) is 2.72. The summed E-state index contributed by atoms with van der Waals surface area (Å²) >= 11 is 0. The molecule has 2 aromatic carbocycles. The Labute approximate surface area is 171 Å². The highest BCUT2D eigenvalue weighted by Crippen LogP contribution is 2.25. The van der Waals surface area contributed by atoms with Crippen LogP contribution in [0.5, 0.6) is 0 Å². The second-order valence-electron chi connectivity index (χ2n) is 7.13. The summed E-state index contributed by atoms with van der Waals surface area (Å²) in [5.41, 5.74) is 4.33. The van der Waals surface area contributed by atoms with Crippen LogP contribution in [0.3, 0.4) is 0 Å². The van der Waals surface area contributed by atoms with Crippen molar-refractivity contribution < 1.29 is 18.4 Å². The van der Waals surface area contributed by atoms with Crippen molar-refractivity contribution in [1.82, 2.24) is 9.79 Å². The third-order valence-corrected chi connectivity index (χ3v) is 6.82. The molecular formula is C21H25N3O4S. The van der Waals surface area contributed by atoms with E-state index in [-0.39, 0.29) is 10.9 Å². The predicted octanol–water partition coefficient (Wildman–Crippen LogP) is 2.41. The van der Waals surface area contributed by atoms with Crippen molar-refractivity contribution in [2.24, 2.45) is 0 Å². The number of nitrogens with zero attached hydrogens (tertiary/aromatic N) is 2. The van der Waals surface area contributed by atoms with E-state index in [0.717, 1.165) is 11.8 Å². The fourth-order valence-electron chi connectivity index (χ4n) is 3.47. The maximum atomic E-state index is 13.1. The first-order valence-electron chi connectivity index (χ1n) is 9.37. The Kier molecular flexibility index (Phi) is 6.36. The number of aryl methyl sites for hydroxylation is 1. The minimum atomic E-state index is -3.65. The van der Waals surface area contributed by atoms with Crippen LogP contribution in [0, 0.1) is 6.92 Å². The second kappa shape index (κ2) is 8.77. The Hall–Kier alpha value is -2.68. The van der Waals surface area contributed by atoms with E-state index < -0.39 is 15.9 Å². The van der Waals surface area contributed by atoms with Crippen LogP contribution in [0.25, 0.3) is 6.08 Å². The van der Waals surface area contributed by atoms with Crippen LogP contribution in [0.4, 0.5) is 5.69 Å². The van der Waals surface area contributed by atoms with Crippen molar-refractivity contribution in [3.8, 4) is 0 Å². The minimum Gasteiger partial charge on any atom is -0.366 e. The van der Waals surface area contributed by atoms with Gasteiger partial charge in [-0.1, -0.05) is 24.3 Å². The first kappa shape index (κ1) is 21.0. The number of rotatable bonds is 5. The third kappa shape index (κ3) is 4.84. The highest BCUT2D eigenvalue weighted by atomic mass is 32.2. The molecule has 0 spiro atoms. The van der Waals surface area contributed by atoms with Gasteiger partial charge in [-0.25, -0.2) is 13.9 Å². The van der Waals surface area contributed by atoms with Crippen molar-refractivity contribution >= 4 is 27.7 Å². The third-order valence-electron chi connectivity index (χ3n) is 4.96. The van der Waals surface area contributed by atoms with E-state index in [1.54, 1.807) is 18.2 Å². The number of amides is 1. The van der Waals surface area contributed by atoms with E-state index in [0.29, 0.717) is 25.2 Å². The van der Waals surface area contributed by atoms with E-state index >= 15 is 0 Å². The first-order valence-corrected chi connectivity index (χ1v) is 10.8. The Bertz CT molecular complexity index is 1020. The number of sulfonamides is 1. The molecule has 0 aromatic heterocycles. The smallest absolute Gasteiger partial charge is 0.267 e. The fraction of sp³-hybridized carbons (Fsp3) is 0.286. The number of nitrogens with one attached hydrogen (secondary N) is 1. The van der Waals surface area contributed by atoms with Gasteiger partial charge in [-0.15, -0.1) is 0 Å². The molecule has 154 valence electrons. The van der Waals surface area contributed by atoms with Crippen molar-refractivity contribution in [3.63, 3.8) is 0 Å². The quantitative estimate of drug-likeness (QED) is 0.445. The fourth-order valence-corrected chi connectivity index (χ4v) is 5.04. The SMILES string of the molecule is Cc1cccc(N2CCN(S(=O)(=O)c3cccc(/C=C/C(=O)NO)c3)CC2C)c1. The monoisotopic (exact) mass is 415 g/mol. The van der Waals surface area contributed by atoms with Crippen LogP contribution >= 0.6 is 0 Å². The van der Waals surface area contributed by atoms with Crippen LogP contribution in [-0.2, 0) is 14.8 Å². The largest absolute Gasteiger partial charge is 0.366 e. The highest BCUT2D eigenvalue weighted by Gasteiger charge is 2.32. The van der Waals surface area contributed by atoms with Gasteiger partial charge in [0.25, 0.3) is 5.91 Å². The van der Waals surface area contributed by atoms with E-state index in [4.69, 9.17) is 5.21 Å². The summed E-state index contributed by atoms with van der Waals surface area (Å²) in [4.78, 5) is 13.5. The highest BCUT2D eigenvalue weighted by molar-refractivity contribution is 7.89. The van der Waals surface area contributed by atoms with Crippen LogP contribution in [0.1, 0.15) is 18.1 Å². The first-order chi connectivity index (χ1) is 13.8. The topological polar surface area (TPSA) is 90.0 Å². The summed E-state index contributed by atoms with van der Waals surface area (Å²) in [5, 5.41) is 8.55. The van der Waals surface area contributed by atoms with Gasteiger partial charge in [-0.05, 0) is 55.3 Å². The normalized spacial score (nSPS) is 18.2. The van der Waals surface area contributed by atoms with Gasteiger partial charge >= 0.3 is 0 Å². The summed E-state index contributed by atoms with van der Waals surface area (Å²) in [7, 11) is -3.65. The van der Waals surface area contributed by atoms with Gasteiger partial charge in [-0.3, -0.25) is 10.0 Å². The lowest BCUT2D eigenvalue weighted by molar-refractivity contribution is -0.124. The van der Waals surface area contributed by atoms with Crippen LogP contribution in [0.2, 0.25) is 0 Å². The lowest BCUT2D eigenvalue weighted by Crippen LogP contribution is -2.53. The molecule has 1 aliphatic heterocycles. The van der Waals surface area contributed by atoms with Crippen molar-refractivity contribution in [3.05, 3.63) is 65.7 Å². The van der Waals surface area contributed by atoms with E-state index in [2.05, 4.69) is 11.0 Å². The maximum Gasteiger partial charge on any atom is 0.267 e. The Balaban J connectivity index is 1.77. The zero-order chi connectivity index (χ0) is 21.0. The summed E-state index contributed by atoms with van der Waals surface area (Å²) in [6.07, 6.45) is 2.58. The zero-order valence-electron chi connectivity index (χ0n) is 16.4. The molecule has 0 bridgehead atoms. The summed E-state index contributed by atoms with van der Waals surface area (Å²) < 4.78 is 27.8. The number of piperazine rings is 1. The average molecular weight is 416 g/mol. The van der Waals surface area contributed by atoms with Gasteiger partial charge in [0.2, 0.25) is 10.0 Å². The van der Waals surface area contributed by atoms with E-state index in [9.17, 15) is 13.2 Å². The molecule has 0 saturated carbocycles. The number of benzene rings is 2. The maximum absolute atomic E-state index is 13.1. The number of hydrogen-bond acceptors (Lipinski definition) is 5. The molecule has 1 fully saturated rings. The molecule has 1 heterocycles. The molecule has 1 aliphatic rings. The Morgan fingerprint density at radius 1 is 1.17 bits per heavy atom. The van der Waals surface area contributed by atoms with Gasteiger partial charge in [0.05, 0.1) is 4.90 Å². The van der Waals surface area contributed by atoms with E-state index in [1.807, 2.05) is 32.0 Å². The Morgan fingerprint density at radius 3 is 2.62 bits per heavy atom. The molecular weight excluding hydrogens is 390 g/mol. The lowest BCUT2D eigenvalue weighted by Gasteiger charge is -2.40. The number of carbonyl (C=O) groups is 1. The molecule has 0 aliphatic carbocycles. The van der Waals surface area contributed by atoms with Gasteiger partial charge < -0.3 is 4.90 Å². The van der Waals surface area contributed by atoms with Crippen molar-refractivity contribution in [1.29, 1.82) is 0 Å². The van der Waals surface area contributed by atoms with Crippen LogP contribution in [0.15, 0.2) is 59.5 Å². The molecule has 3 rings (SSSR count). The van der Waals surface area contributed by atoms with Gasteiger partial charge in [-0.2, -0.15) is 4.31 Å². The molecule has 1 atom stereocenters. The van der Waals surface area contributed by atoms with Gasteiger partial charge in [0, 0.05) is 37.4 Å². The molecule has 29 heavy (non-hydrogen) atoms. The number of hydroxylamine groups is 1. The number of hydrogen-bond donors (Lipinski definition) is 2. The molecule has 1 amide bonds. The van der Waals surface area contributed by atoms with Crippen molar-refractivity contribution in [2.45, 2.75) is 24.8 Å². The Morgan fingerprint density at radius 2 is 1.93 bits per heavy atom.